The molecule has 0 saturated heterocycles. The number of nitrogens with two attached hydrogens (primary N) is 1. The van der Waals surface area contributed by atoms with Gasteiger partial charge in [-0.15, -0.1) is 20.1 Å². The van der Waals surface area contributed by atoms with Crippen LogP contribution in [-0.2, 0) is 12.8 Å². The zero-order valence-electron chi connectivity index (χ0n) is 16.0. The van der Waals surface area contributed by atoms with E-state index in [1.807, 2.05) is 0 Å². The number of nitrogen functional groups attached to an aromatic ring is 1. The largest absolute Gasteiger partial charge is 0.507 e. The van der Waals surface area contributed by atoms with Crippen molar-refractivity contribution in [3.05, 3.63) is 47.5 Å². The summed E-state index contributed by atoms with van der Waals surface area (Å²) in [6, 6.07) is 6.58. The molecular formula is C16H16N11O3S+. The van der Waals surface area contributed by atoms with E-state index in [9.17, 15) is 9.90 Å². The summed E-state index contributed by atoms with van der Waals surface area (Å²) in [4.78, 5) is 12.7. The van der Waals surface area contributed by atoms with Crippen molar-refractivity contribution in [3.63, 3.8) is 0 Å². The summed E-state index contributed by atoms with van der Waals surface area (Å²) in [7, 11) is 1.80. The molecule has 158 valence electrons. The zero-order chi connectivity index (χ0) is 21.8. The maximum absolute atomic E-state index is 12.7. The van der Waals surface area contributed by atoms with Crippen molar-refractivity contribution in [1.29, 1.82) is 0 Å². The van der Waals surface area contributed by atoms with Crippen LogP contribution < -0.4 is 15.8 Å². The number of para-hydroxylation sites is 1. The normalized spacial score (nSPS) is 11.3. The molecule has 0 spiro atoms. The van der Waals surface area contributed by atoms with Crippen LogP contribution >= 0.6 is 11.8 Å². The van der Waals surface area contributed by atoms with Crippen LogP contribution in [-0.4, -0.2) is 52.6 Å². The van der Waals surface area contributed by atoms with Crippen LogP contribution in [0.25, 0.3) is 5.82 Å². The Balaban J connectivity index is 1.59. The molecule has 15 heteroatoms. The summed E-state index contributed by atoms with van der Waals surface area (Å²) in [5.74, 6) is -0.125. The lowest BCUT2D eigenvalue weighted by molar-refractivity contribution is -0.669. The number of amides is 1. The highest BCUT2D eigenvalue weighted by molar-refractivity contribution is 7.98. The third kappa shape index (κ3) is 4.20. The van der Waals surface area contributed by atoms with Crippen molar-refractivity contribution in [3.8, 4) is 11.6 Å². The van der Waals surface area contributed by atoms with E-state index in [-0.39, 0.29) is 28.8 Å². The molecule has 0 atom stereocenters. The number of aromatic hydroxyl groups is 1. The highest BCUT2D eigenvalue weighted by atomic mass is 32.2. The van der Waals surface area contributed by atoms with E-state index >= 15 is 0 Å². The van der Waals surface area contributed by atoms with E-state index in [0.717, 1.165) is 0 Å². The van der Waals surface area contributed by atoms with E-state index in [0.29, 0.717) is 16.4 Å². The molecule has 0 fully saturated rings. The summed E-state index contributed by atoms with van der Waals surface area (Å²) >= 11 is 1.32. The van der Waals surface area contributed by atoms with Gasteiger partial charge < -0.3 is 15.4 Å². The molecule has 31 heavy (non-hydrogen) atoms. The van der Waals surface area contributed by atoms with Gasteiger partial charge in [0.1, 0.15) is 17.2 Å². The first kappa shape index (κ1) is 20.0. The second-order valence-electron chi connectivity index (χ2n) is 6.09. The molecule has 0 saturated carbocycles. The number of phenolic OH excluding ortho intramolecular Hbond substituents is 1. The molecule has 1 amide bonds. The number of hydrogen-bond acceptors (Lipinski definition) is 11. The Morgan fingerprint density at radius 3 is 3.00 bits per heavy atom. The van der Waals surface area contributed by atoms with Gasteiger partial charge in [0.05, 0.1) is 12.0 Å². The lowest BCUT2D eigenvalue weighted by Gasteiger charge is -2.01. The molecular weight excluding hydrogens is 426 g/mol. The molecule has 0 unspecified atom stereocenters. The van der Waals surface area contributed by atoms with Crippen LogP contribution in [0.15, 0.2) is 45.5 Å². The molecule has 14 nitrogen and oxygen atoms in total. The fourth-order valence-electron chi connectivity index (χ4n) is 2.51. The molecule has 0 aliphatic carbocycles. The van der Waals surface area contributed by atoms with Gasteiger partial charge in [0, 0.05) is 12.6 Å². The molecule has 3 aromatic heterocycles. The monoisotopic (exact) mass is 442 g/mol. The van der Waals surface area contributed by atoms with Gasteiger partial charge in [0.2, 0.25) is 0 Å². The Bertz CT molecular complexity index is 1250. The number of carbonyl (C=O) groups is 1. The van der Waals surface area contributed by atoms with Gasteiger partial charge >= 0.3 is 11.7 Å². The first-order valence-electron chi connectivity index (χ1n) is 8.70. The number of H-pyrrole nitrogens is 1. The van der Waals surface area contributed by atoms with E-state index in [2.05, 4.69) is 46.0 Å². The van der Waals surface area contributed by atoms with Crippen LogP contribution in [0.2, 0.25) is 0 Å². The summed E-state index contributed by atoms with van der Waals surface area (Å²) in [5, 5.41) is 36.2. The van der Waals surface area contributed by atoms with Gasteiger partial charge in [-0.2, -0.15) is 9.73 Å². The topological polar surface area (TPSA) is 190 Å². The number of phenols is 1. The third-order valence-electron chi connectivity index (χ3n) is 4.04. The van der Waals surface area contributed by atoms with Crippen molar-refractivity contribution in [2.75, 3.05) is 5.73 Å². The number of nitrogens with one attached hydrogen (secondary N) is 2. The molecule has 1 aromatic carbocycles. The standard InChI is InChI=1S/C16H15N11O3S/c1-26-8-19-22-16(26)31-7-10-12(20-25-27(10)14-13(17)23-30-24-14)15(29)21-18-6-9-4-2-3-5-11(9)28/h2-6,8H,7H2,1H3,(H4,17,18,20,21,23,24,25,28,29)/p+1. The van der Waals surface area contributed by atoms with E-state index in [1.54, 1.807) is 36.1 Å². The van der Waals surface area contributed by atoms with E-state index < -0.39 is 5.91 Å². The minimum Gasteiger partial charge on any atom is -0.507 e. The number of hydrogen-bond donors (Lipinski definition) is 4. The predicted molar refractivity (Wildman–Crippen MR) is 106 cm³/mol. The Morgan fingerprint density at radius 1 is 1.45 bits per heavy atom. The van der Waals surface area contributed by atoms with Gasteiger partial charge in [-0.3, -0.25) is 4.79 Å². The van der Waals surface area contributed by atoms with Crippen molar-refractivity contribution >= 4 is 29.7 Å². The third-order valence-corrected chi connectivity index (χ3v) is 5.09. The number of anilines is 1. The smallest absolute Gasteiger partial charge is 0.377 e. The number of benzene rings is 1. The van der Waals surface area contributed by atoms with Crippen LogP contribution in [0.4, 0.5) is 5.82 Å². The van der Waals surface area contributed by atoms with E-state index in [4.69, 9.17) is 5.73 Å². The lowest BCUT2D eigenvalue weighted by atomic mass is 10.2. The van der Waals surface area contributed by atoms with Crippen molar-refractivity contribution in [2.45, 2.75) is 10.9 Å². The summed E-state index contributed by atoms with van der Waals surface area (Å²) in [6.45, 7) is 0. The van der Waals surface area contributed by atoms with Gasteiger partial charge in [0.15, 0.2) is 10.9 Å². The fourth-order valence-corrected chi connectivity index (χ4v) is 3.40. The molecule has 0 aliphatic heterocycles. The van der Waals surface area contributed by atoms with Gasteiger partial charge in [-0.05, 0) is 22.4 Å². The van der Waals surface area contributed by atoms with Crippen LogP contribution in [0.5, 0.6) is 5.75 Å². The van der Waals surface area contributed by atoms with Gasteiger partial charge in [0.25, 0.3) is 11.5 Å². The average Bonchev–Trinajstić information content (AvgIpc) is 3.47. The zero-order valence-corrected chi connectivity index (χ0v) is 16.8. The molecule has 4 aromatic rings. The number of rotatable bonds is 7. The Morgan fingerprint density at radius 2 is 2.29 bits per heavy atom. The second kappa shape index (κ2) is 8.62. The Kier molecular flexibility index (Phi) is 5.57. The number of thioether (sulfide) groups is 1. The fraction of sp³-hybridized carbons (Fsp3) is 0.125. The van der Waals surface area contributed by atoms with Crippen LogP contribution in [0.3, 0.4) is 0 Å². The molecule has 0 aliphatic rings. The van der Waals surface area contributed by atoms with E-state index in [1.165, 1.54) is 28.7 Å². The summed E-state index contributed by atoms with van der Waals surface area (Å²) < 4.78 is 7.76. The molecule has 0 bridgehead atoms. The maximum atomic E-state index is 12.7. The van der Waals surface area contributed by atoms with Crippen molar-refractivity contribution in [2.24, 2.45) is 12.1 Å². The second-order valence-corrected chi connectivity index (χ2v) is 7.03. The molecule has 3 heterocycles. The predicted octanol–water partition coefficient (Wildman–Crippen LogP) is -0.458. The van der Waals surface area contributed by atoms with Crippen LogP contribution in [0, 0.1) is 0 Å². The number of nitrogens with zero attached hydrogens (tertiary/aromatic N) is 8. The quantitative estimate of drug-likeness (QED) is 0.126. The van der Waals surface area contributed by atoms with Crippen molar-refractivity contribution < 1.29 is 19.2 Å². The maximum Gasteiger partial charge on any atom is 0.377 e. The number of aryl methyl sites for hydroxylation is 1. The van der Waals surface area contributed by atoms with Crippen LogP contribution in [0.1, 0.15) is 21.7 Å². The minimum absolute atomic E-state index is 0.0168. The first-order valence-corrected chi connectivity index (χ1v) is 9.69. The highest BCUT2D eigenvalue weighted by Gasteiger charge is 2.30. The number of aromatic amines is 1. The summed E-state index contributed by atoms with van der Waals surface area (Å²) in [6.07, 6.45) is 2.88. The Labute approximate surface area is 178 Å². The Hall–Kier alpha value is -4.27. The number of hydrazone groups is 1. The average molecular weight is 442 g/mol. The lowest BCUT2D eigenvalue weighted by Crippen LogP contribution is -2.38. The first-order chi connectivity index (χ1) is 15.0. The van der Waals surface area contributed by atoms with Gasteiger partial charge in [-0.25, -0.2) is 5.43 Å². The number of carbonyl (C=O) groups excluding carboxylic acids is 1. The number of aromatic nitrogens is 8. The molecule has 4 rings (SSSR count). The summed E-state index contributed by atoms with van der Waals surface area (Å²) in [5.41, 5.74) is 9.08. The highest BCUT2D eigenvalue weighted by Crippen LogP contribution is 2.20. The van der Waals surface area contributed by atoms with Gasteiger partial charge in [-0.1, -0.05) is 23.9 Å². The SMILES string of the molecule is Cn1cnnc1SCc1c(C(=O)N/N=C/c2ccccc2O)n[nH][n+]1-c1nonc1N. The minimum atomic E-state index is -0.592. The molecule has 5 N–H and O–H groups in total. The molecule has 0 radical (unpaired) electrons. The van der Waals surface area contributed by atoms with Crippen molar-refractivity contribution in [1.82, 2.24) is 40.8 Å².